The summed E-state index contributed by atoms with van der Waals surface area (Å²) in [4.78, 5) is 31.4. The Kier molecular flexibility index (Phi) is 5.04. The molecule has 0 bridgehead atoms. The van der Waals surface area contributed by atoms with Crippen LogP contribution >= 0.6 is 11.3 Å². The first-order chi connectivity index (χ1) is 11.1. The quantitative estimate of drug-likeness (QED) is 0.835. The van der Waals surface area contributed by atoms with Gasteiger partial charge < -0.3 is 10.1 Å². The second-order valence-electron chi connectivity index (χ2n) is 5.56. The molecule has 8 heteroatoms. The Morgan fingerprint density at radius 1 is 1.43 bits per heavy atom. The van der Waals surface area contributed by atoms with E-state index >= 15 is 0 Å². The summed E-state index contributed by atoms with van der Waals surface area (Å²) in [6, 6.07) is 1.49. The molecule has 23 heavy (non-hydrogen) atoms. The molecule has 0 aromatic carbocycles. The molecule has 0 unspecified atom stereocenters. The van der Waals surface area contributed by atoms with Crippen LogP contribution in [0.5, 0.6) is 0 Å². The molecule has 0 atom stereocenters. The molecule has 1 aliphatic rings. The molecule has 1 N–H and O–H groups in total. The van der Waals surface area contributed by atoms with Crippen molar-refractivity contribution in [3.05, 3.63) is 33.2 Å². The summed E-state index contributed by atoms with van der Waals surface area (Å²) >= 11 is 1.38. The number of ether oxygens (including phenoxy) is 1. The van der Waals surface area contributed by atoms with Crippen LogP contribution in [0.4, 0.5) is 0 Å². The maximum Gasteiger partial charge on any atom is 0.258 e. The van der Waals surface area contributed by atoms with Gasteiger partial charge in [-0.3, -0.25) is 18.9 Å². The number of hydrogen-bond acceptors (Lipinski definition) is 6. The highest BCUT2D eigenvalue weighted by molar-refractivity contribution is 7.15. The van der Waals surface area contributed by atoms with E-state index in [0.717, 1.165) is 32.8 Å². The number of aryl methyl sites for hydroxylation is 1. The maximum absolute atomic E-state index is 12.1. The highest BCUT2D eigenvalue weighted by Crippen LogP contribution is 2.13. The van der Waals surface area contributed by atoms with Crippen molar-refractivity contribution in [2.45, 2.75) is 13.3 Å². The van der Waals surface area contributed by atoms with Gasteiger partial charge >= 0.3 is 0 Å². The lowest BCUT2D eigenvalue weighted by molar-refractivity contribution is -0.120. The number of nitrogens with one attached hydrogen (secondary N) is 1. The number of amides is 1. The predicted octanol–water partition coefficient (Wildman–Crippen LogP) is 0.0553. The van der Waals surface area contributed by atoms with Gasteiger partial charge in [0, 0.05) is 49.0 Å². The number of carbonyl (C=O) groups excluding carboxylic acids is 1. The van der Waals surface area contributed by atoms with E-state index in [0.29, 0.717) is 22.9 Å². The molecule has 1 aliphatic heterocycles. The third-order valence-corrected chi connectivity index (χ3v) is 4.67. The van der Waals surface area contributed by atoms with E-state index in [2.05, 4.69) is 15.2 Å². The first-order valence-corrected chi connectivity index (χ1v) is 8.55. The molecule has 0 aliphatic carbocycles. The minimum atomic E-state index is -0.134. The summed E-state index contributed by atoms with van der Waals surface area (Å²) in [5, 5.41) is 4.74. The highest BCUT2D eigenvalue weighted by atomic mass is 32.1. The minimum absolute atomic E-state index is 0.0783. The van der Waals surface area contributed by atoms with Crippen LogP contribution in [-0.2, 0) is 16.0 Å². The number of aromatic nitrogens is 2. The fraction of sp³-hybridized carbons (Fsp3) is 0.533. The molecule has 1 saturated heterocycles. The lowest BCUT2D eigenvalue weighted by Gasteiger charge is -2.26. The molecule has 1 amide bonds. The zero-order valence-electron chi connectivity index (χ0n) is 13.1. The van der Waals surface area contributed by atoms with E-state index in [-0.39, 0.29) is 17.9 Å². The van der Waals surface area contributed by atoms with Crippen molar-refractivity contribution < 1.29 is 9.53 Å². The fourth-order valence-corrected chi connectivity index (χ4v) is 3.55. The Morgan fingerprint density at radius 2 is 2.22 bits per heavy atom. The molecule has 0 spiro atoms. The average molecular weight is 336 g/mol. The number of morpholine rings is 1. The first-order valence-electron chi connectivity index (χ1n) is 7.67. The van der Waals surface area contributed by atoms with E-state index in [4.69, 9.17) is 4.74 Å². The molecule has 0 radical (unpaired) electrons. The number of fused-ring (bicyclic) bond motifs is 1. The summed E-state index contributed by atoms with van der Waals surface area (Å²) in [5.74, 6) is -0.0783. The predicted molar refractivity (Wildman–Crippen MR) is 88.0 cm³/mol. The summed E-state index contributed by atoms with van der Waals surface area (Å²) in [6.45, 7) is 6.54. The standard InChI is InChI=1S/C15H20N4O3S/c1-11-8-14(21)19-12(10-23-15(19)17-11)9-13(20)16-2-3-18-4-6-22-7-5-18/h8,10H,2-7,9H2,1H3,(H,16,20). The topological polar surface area (TPSA) is 75.9 Å². The Hall–Kier alpha value is -1.77. The van der Waals surface area contributed by atoms with E-state index in [1.54, 1.807) is 6.92 Å². The molecule has 7 nitrogen and oxygen atoms in total. The van der Waals surface area contributed by atoms with Crippen molar-refractivity contribution in [2.75, 3.05) is 39.4 Å². The summed E-state index contributed by atoms with van der Waals surface area (Å²) < 4.78 is 6.80. The van der Waals surface area contributed by atoms with Crippen LogP contribution in [0.15, 0.2) is 16.2 Å². The summed E-state index contributed by atoms with van der Waals surface area (Å²) in [6.07, 6.45) is 0.188. The Morgan fingerprint density at radius 3 is 3.00 bits per heavy atom. The zero-order valence-corrected chi connectivity index (χ0v) is 13.9. The number of thiazole rings is 1. The van der Waals surface area contributed by atoms with Crippen LogP contribution in [0.25, 0.3) is 4.96 Å². The molecular weight excluding hydrogens is 316 g/mol. The fourth-order valence-electron chi connectivity index (χ4n) is 2.61. The van der Waals surface area contributed by atoms with Gasteiger partial charge in [0.25, 0.3) is 5.56 Å². The molecule has 2 aromatic heterocycles. The van der Waals surface area contributed by atoms with E-state index in [1.807, 2.05) is 5.38 Å². The lowest BCUT2D eigenvalue weighted by atomic mass is 10.3. The van der Waals surface area contributed by atoms with Crippen LogP contribution < -0.4 is 10.9 Å². The molecule has 1 fully saturated rings. The Labute approximate surface area is 137 Å². The van der Waals surface area contributed by atoms with Crippen molar-refractivity contribution >= 4 is 22.2 Å². The van der Waals surface area contributed by atoms with Gasteiger partial charge in [0.05, 0.1) is 19.6 Å². The van der Waals surface area contributed by atoms with Gasteiger partial charge in [-0.2, -0.15) is 0 Å². The maximum atomic E-state index is 12.1. The average Bonchev–Trinajstić information content (AvgIpc) is 2.91. The summed E-state index contributed by atoms with van der Waals surface area (Å²) in [7, 11) is 0. The third-order valence-electron chi connectivity index (χ3n) is 3.80. The van der Waals surface area contributed by atoms with Gasteiger partial charge in [0.1, 0.15) is 0 Å². The molecule has 3 rings (SSSR count). The van der Waals surface area contributed by atoms with E-state index < -0.39 is 0 Å². The van der Waals surface area contributed by atoms with E-state index in [9.17, 15) is 9.59 Å². The molecule has 3 heterocycles. The highest BCUT2D eigenvalue weighted by Gasteiger charge is 2.13. The second kappa shape index (κ2) is 7.20. The van der Waals surface area contributed by atoms with Crippen LogP contribution in [0.1, 0.15) is 11.4 Å². The van der Waals surface area contributed by atoms with Gasteiger partial charge in [-0.15, -0.1) is 11.3 Å². The van der Waals surface area contributed by atoms with Gasteiger partial charge in [0.15, 0.2) is 4.96 Å². The second-order valence-corrected chi connectivity index (χ2v) is 6.40. The van der Waals surface area contributed by atoms with Crippen LogP contribution in [0, 0.1) is 6.92 Å². The Bertz CT molecular complexity index is 749. The smallest absolute Gasteiger partial charge is 0.258 e. The van der Waals surface area contributed by atoms with Crippen LogP contribution in [-0.4, -0.2) is 59.6 Å². The first kappa shape index (κ1) is 16.1. The largest absolute Gasteiger partial charge is 0.379 e. The number of nitrogens with zero attached hydrogens (tertiary/aromatic N) is 3. The van der Waals surface area contributed by atoms with Gasteiger partial charge in [0.2, 0.25) is 5.91 Å². The normalized spacial score (nSPS) is 15.9. The van der Waals surface area contributed by atoms with Crippen LogP contribution in [0.3, 0.4) is 0 Å². The Balaban J connectivity index is 1.56. The van der Waals surface area contributed by atoms with E-state index in [1.165, 1.54) is 21.8 Å². The minimum Gasteiger partial charge on any atom is -0.379 e. The van der Waals surface area contributed by atoms with Crippen molar-refractivity contribution in [1.82, 2.24) is 19.6 Å². The van der Waals surface area contributed by atoms with Crippen molar-refractivity contribution in [2.24, 2.45) is 0 Å². The van der Waals surface area contributed by atoms with Gasteiger partial charge in [-0.05, 0) is 6.92 Å². The van der Waals surface area contributed by atoms with Gasteiger partial charge in [-0.25, -0.2) is 4.98 Å². The summed E-state index contributed by atoms with van der Waals surface area (Å²) in [5.41, 5.74) is 1.25. The SMILES string of the molecule is Cc1cc(=O)n2c(CC(=O)NCCN3CCOCC3)csc2n1. The van der Waals surface area contributed by atoms with Gasteiger partial charge in [-0.1, -0.05) is 0 Å². The molecule has 0 saturated carbocycles. The molecule has 124 valence electrons. The third kappa shape index (κ3) is 3.95. The lowest BCUT2D eigenvalue weighted by Crippen LogP contribution is -2.41. The zero-order chi connectivity index (χ0) is 16.2. The molecule has 2 aromatic rings. The van der Waals surface area contributed by atoms with Crippen molar-refractivity contribution in [3.63, 3.8) is 0 Å². The van der Waals surface area contributed by atoms with Crippen molar-refractivity contribution in [1.29, 1.82) is 0 Å². The van der Waals surface area contributed by atoms with Crippen molar-refractivity contribution in [3.8, 4) is 0 Å². The monoisotopic (exact) mass is 336 g/mol. The number of hydrogen-bond donors (Lipinski definition) is 1. The number of rotatable bonds is 5. The van der Waals surface area contributed by atoms with Crippen LogP contribution in [0.2, 0.25) is 0 Å². The molecular formula is C15H20N4O3S. The number of carbonyl (C=O) groups is 1.